The Bertz CT molecular complexity index is 416. The van der Waals surface area contributed by atoms with Crippen LogP contribution >= 0.6 is 23.2 Å². The van der Waals surface area contributed by atoms with Gasteiger partial charge in [0.05, 0.1) is 11.5 Å². The van der Waals surface area contributed by atoms with Crippen molar-refractivity contribution in [1.29, 1.82) is 0 Å². The molecule has 1 unspecified atom stereocenters. The van der Waals surface area contributed by atoms with E-state index in [-0.39, 0.29) is 5.02 Å². The summed E-state index contributed by atoms with van der Waals surface area (Å²) in [4.78, 5) is 11.0. The Kier molecular flexibility index (Phi) is 3.84. The van der Waals surface area contributed by atoms with Crippen molar-refractivity contribution in [3.63, 3.8) is 0 Å². The Hall–Kier alpha value is -0.770. The standard InChI is InChI=1S/C11H12Cl2O3/c1-11(2,10(15)16)9(14)7-4-3-6(12)5-8(7)13/h3-5,9,14H,1-2H3,(H,15,16). The Morgan fingerprint density at radius 3 is 2.38 bits per heavy atom. The van der Waals surface area contributed by atoms with Crippen LogP contribution < -0.4 is 0 Å². The van der Waals surface area contributed by atoms with E-state index in [1.807, 2.05) is 0 Å². The lowest BCUT2D eigenvalue weighted by Gasteiger charge is -2.26. The van der Waals surface area contributed by atoms with Gasteiger partial charge in [-0.15, -0.1) is 0 Å². The van der Waals surface area contributed by atoms with Crippen LogP contribution in [0.2, 0.25) is 10.0 Å². The Labute approximate surface area is 104 Å². The fourth-order valence-electron chi connectivity index (χ4n) is 1.23. The summed E-state index contributed by atoms with van der Waals surface area (Å²) in [6, 6.07) is 4.56. The first kappa shape index (κ1) is 13.3. The molecule has 1 rings (SSSR count). The molecule has 0 aliphatic carbocycles. The van der Waals surface area contributed by atoms with Crippen molar-refractivity contribution in [2.45, 2.75) is 20.0 Å². The van der Waals surface area contributed by atoms with E-state index in [2.05, 4.69) is 0 Å². The third-order valence-corrected chi connectivity index (χ3v) is 3.05. The number of aliphatic hydroxyl groups is 1. The van der Waals surface area contributed by atoms with Crippen molar-refractivity contribution in [3.8, 4) is 0 Å². The molecule has 0 spiro atoms. The Balaban J connectivity index is 3.14. The van der Waals surface area contributed by atoms with Gasteiger partial charge in [-0.2, -0.15) is 0 Å². The molecule has 0 bridgehead atoms. The van der Waals surface area contributed by atoms with E-state index in [9.17, 15) is 9.90 Å². The molecule has 1 aromatic rings. The molecule has 0 fully saturated rings. The van der Waals surface area contributed by atoms with Crippen molar-refractivity contribution in [2.24, 2.45) is 5.41 Å². The zero-order valence-corrected chi connectivity index (χ0v) is 10.4. The molecule has 0 aliphatic heterocycles. The fourth-order valence-corrected chi connectivity index (χ4v) is 1.74. The number of hydrogen-bond donors (Lipinski definition) is 2. The van der Waals surface area contributed by atoms with E-state index < -0.39 is 17.5 Å². The molecular formula is C11H12Cl2O3. The highest BCUT2D eigenvalue weighted by atomic mass is 35.5. The van der Waals surface area contributed by atoms with Gasteiger partial charge in [0.25, 0.3) is 0 Å². The molecule has 0 amide bonds. The van der Waals surface area contributed by atoms with Crippen molar-refractivity contribution < 1.29 is 15.0 Å². The molecule has 0 heterocycles. The van der Waals surface area contributed by atoms with Crippen molar-refractivity contribution >= 4 is 29.2 Å². The van der Waals surface area contributed by atoms with E-state index in [1.54, 1.807) is 6.07 Å². The second-order valence-electron chi connectivity index (χ2n) is 4.10. The van der Waals surface area contributed by atoms with Crippen LogP contribution in [0.5, 0.6) is 0 Å². The maximum atomic E-state index is 11.0. The number of hydrogen-bond acceptors (Lipinski definition) is 2. The van der Waals surface area contributed by atoms with Gasteiger partial charge in [-0.25, -0.2) is 0 Å². The second kappa shape index (κ2) is 4.62. The number of carboxylic acid groups (broad SMARTS) is 1. The lowest BCUT2D eigenvalue weighted by molar-refractivity contribution is -0.153. The molecule has 0 radical (unpaired) electrons. The molecule has 88 valence electrons. The number of carbonyl (C=O) groups is 1. The summed E-state index contributed by atoms with van der Waals surface area (Å²) < 4.78 is 0. The van der Waals surface area contributed by atoms with Crippen LogP contribution in [-0.2, 0) is 4.79 Å². The van der Waals surface area contributed by atoms with Gasteiger partial charge in [0.15, 0.2) is 0 Å². The minimum absolute atomic E-state index is 0.259. The third kappa shape index (κ3) is 2.48. The van der Waals surface area contributed by atoms with Gasteiger partial charge in [-0.1, -0.05) is 29.3 Å². The first-order valence-electron chi connectivity index (χ1n) is 4.63. The number of rotatable bonds is 3. The van der Waals surface area contributed by atoms with Crippen LogP contribution in [0.15, 0.2) is 18.2 Å². The molecule has 1 atom stereocenters. The lowest BCUT2D eigenvalue weighted by atomic mass is 9.83. The molecular weight excluding hydrogens is 251 g/mol. The minimum atomic E-state index is -1.31. The van der Waals surface area contributed by atoms with E-state index in [0.29, 0.717) is 10.6 Å². The van der Waals surface area contributed by atoms with Crippen molar-refractivity contribution in [2.75, 3.05) is 0 Å². The summed E-state index contributed by atoms with van der Waals surface area (Å²) in [6.45, 7) is 2.87. The van der Waals surface area contributed by atoms with Crippen molar-refractivity contribution in [3.05, 3.63) is 33.8 Å². The summed E-state index contributed by atoms with van der Waals surface area (Å²) in [5.41, 5.74) is -0.948. The van der Waals surface area contributed by atoms with Gasteiger partial charge in [-0.05, 0) is 26.0 Å². The van der Waals surface area contributed by atoms with Crippen molar-refractivity contribution in [1.82, 2.24) is 0 Å². The molecule has 0 saturated heterocycles. The highest BCUT2D eigenvalue weighted by Gasteiger charge is 2.37. The number of benzene rings is 1. The smallest absolute Gasteiger partial charge is 0.312 e. The lowest BCUT2D eigenvalue weighted by Crippen LogP contribution is -2.31. The molecule has 3 nitrogen and oxygen atoms in total. The summed E-state index contributed by atoms with van der Waals surface area (Å²) in [6.07, 6.45) is -1.19. The summed E-state index contributed by atoms with van der Waals surface area (Å²) in [5.74, 6) is -1.09. The molecule has 0 aliphatic rings. The quantitative estimate of drug-likeness (QED) is 0.880. The predicted octanol–water partition coefficient (Wildman–Crippen LogP) is 3.14. The molecule has 0 saturated carbocycles. The van der Waals surface area contributed by atoms with Crippen LogP contribution in [0.4, 0.5) is 0 Å². The van der Waals surface area contributed by atoms with Gasteiger partial charge in [0.2, 0.25) is 0 Å². The third-order valence-electron chi connectivity index (χ3n) is 2.49. The molecule has 16 heavy (non-hydrogen) atoms. The first-order valence-corrected chi connectivity index (χ1v) is 5.39. The van der Waals surface area contributed by atoms with E-state index in [0.717, 1.165) is 0 Å². The first-order chi connectivity index (χ1) is 7.26. The van der Waals surface area contributed by atoms with Crippen LogP contribution in [0.1, 0.15) is 25.5 Å². The number of halogens is 2. The van der Waals surface area contributed by atoms with Crippen LogP contribution in [0, 0.1) is 5.41 Å². The Morgan fingerprint density at radius 1 is 1.38 bits per heavy atom. The summed E-state index contributed by atoms with van der Waals surface area (Å²) in [7, 11) is 0. The molecule has 5 heteroatoms. The average Bonchev–Trinajstić information content (AvgIpc) is 2.16. The van der Waals surface area contributed by atoms with Gasteiger partial charge in [-0.3, -0.25) is 4.79 Å². The second-order valence-corrected chi connectivity index (χ2v) is 4.94. The van der Waals surface area contributed by atoms with Crippen LogP contribution in [0.3, 0.4) is 0 Å². The number of aliphatic hydroxyl groups excluding tert-OH is 1. The zero-order valence-electron chi connectivity index (χ0n) is 8.87. The molecule has 0 aromatic heterocycles. The SMILES string of the molecule is CC(C)(C(=O)O)C(O)c1ccc(Cl)cc1Cl. The van der Waals surface area contributed by atoms with E-state index in [4.69, 9.17) is 28.3 Å². The van der Waals surface area contributed by atoms with Gasteiger partial charge >= 0.3 is 5.97 Å². The van der Waals surface area contributed by atoms with Gasteiger partial charge in [0, 0.05) is 15.6 Å². The van der Waals surface area contributed by atoms with Crippen LogP contribution in [0.25, 0.3) is 0 Å². The Morgan fingerprint density at radius 2 is 1.94 bits per heavy atom. The average molecular weight is 263 g/mol. The number of carboxylic acids is 1. The van der Waals surface area contributed by atoms with E-state index >= 15 is 0 Å². The summed E-state index contributed by atoms with van der Waals surface area (Å²) >= 11 is 11.6. The zero-order chi connectivity index (χ0) is 12.5. The normalized spacial score (nSPS) is 13.6. The number of aliphatic carboxylic acids is 1. The maximum absolute atomic E-state index is 11.0. The topological polar surface area (TPSA) is 57.5 Å². The summed E-state index contributed by atoms with van der Waals surface area (Å²) in [5, 5.41) is 19.7. The maximum Gasteiger partial charge on any atom is 0.312 e. The van der Waals surface area contributed by atoms with E-state index in [1.165, 1.54) is 26.0 Å². The fraction of sp³-hybridized carbons (Fsp3) is 0.364. The van der Waals surface area contributed by atoms with Crippen LogP contribution in [-0.4, -0.2) is 16.2 Å². The largest absolute Gasteiger partial charge is 0.481 e. The predicted molar refractivity (Wildman–Crippen MR) is 62.8 cm³/mol. The minimum Gasteiger partial charge on any atom is -0.481 e. The highest BCUT2D eigenvalue weighted by molar-refractivity contribution is 6.35. The van der Waals surface area contributed by atoms with Gasteiger partial charge < -0.3 is 10.2 Å². The monoisotopic (exact) mass is 262 g/mol. The van der Waals surface area contributed by atoms with Gasteiger partial charge in [0.1, 0.15) is 0 Å². The molecule has 2 N–H and O–H groups in total. The highest BCUT2D eigenvalue weighted by Crippen LogP contribution is 2.37. The molecule has 1 aromatic carbocycles.